The van der Waals surface area contributed by atoms with Crippen LogP contribution in [0.4, 0.5) is 11.6 Å². The van der Waals surface area contributed by atoms with Crippen molar-refractivity contribution in [2.45, 2.75) is 26.2 Å². The second kappa shape index (κ2) is 9.33. The zero-order chi connectivity index (χ0) is 19.9. The van der Waals surface area contributed by atoms with Crippen LogP contribution >= 0.6 is 11.6 Å². The molecule has 3 aromatic rings. The van der Waals surface area contributed by atoms with Crippen LogP contribution in [0.2, 0.25) is 5.02 Å². The predicted octanol–water partition coefficient (Wildman–Crippen LogP) is 5.16. The summed E-state index contributed by atoms with van der Waals surface area (Å²) in [6.45, 7) is 4.88. The van der Waals surface area contributed by atoms with Gasteiger partial charge in [-0.25, -0.2) is 9.97 Å². The van der Waals surface area contributed by atoms with E-state index in [1.54, 1.807) is 0 Å². The lowest BCUT2D eigenvalue weighted by atomic mass is 10.0. The molecule has 1 heterocycles. The highest BCUT2D eigenvalue weighted by atomic mass is 35.5. The van der Waals surface area contributed by atoms with Crippen LogP contribution < -0.4 is 10.6 Å². The number of para-hydroxylation sites is 1. The van der Waals surface area contributed by atoms with Gasteiger partial charge in [0.15, 0.2) is 0 Å². The normalized spacial score (nSPS) is 10.7. The van der Waals surface area contributed by atoms with Gasteiger partial charge in [-0.15, -0.1) is 0 Å². The molecule has 2 N–H and O–H groups in total. The summed E-state index contributed by atoms with van der Waals surface area (Å²) in [6.07, 6.45) is 3.89. The van der Waals surface area contributed by atoms with Crippen LogP contribution in [-0.2, 0) is 6.42 Å². The van der Waals surface area contributed by atoms with Crippen LogP contribution in [0.3, 0.4) is 0 Å². The Morgan fingerprint density at radius 2 is 1.71 bits per heavy atom. The summed E-state index contributed by atoms with van der Waals surface area (Å²) in [5.41, 5.74) is 3.50. The largest absolute Gasteiger partial charge is 0.354 e. The molecule has 6 heteroatoms. The monoisotopic (exact) mass is 394 g/mol. The number of aromatic nitrogens is 2. The Bertz CT molecular complexity index is 924. The van der Waals surface area contributed by atoms with Crippen molar-refractivity contribution < 1.29 is 4.79 Å². The average Bonchev–Trinajstić information content (AvgIpc) is 2.70. The topological polar surface area (TPSA) is 66.9 Å². The number of nitrogens with one attached hydrogen (secondary N) is 2. The highest BCUT2D eigenvalue weighted by molar-refractivity contribution is 6.30. The molecule has 0 aliphatic rings. The van der Waals surface area contributed by atoms with E-state index in [4.69, 9.17) is 11.6 Å². The minimum atomic E-state index is -0.221. The van der Waals surface area contributed by atoms with Crippen LogP contribution in [-0.4, -0.2) is 22.4 Å². The van der Waals surface area contributed by atoms with E-state index in [1.807, 2.05) is 48.5 Å². The summed E-state index contributed by atoms with van der Waals surface area (Å²) >= 11 is 5.89. The average molecular weight is 395 g/mol. The number of amides is 1. The van der Waals surface area contributed by atoms with Crippen LogP contribution in [0.5, 0.6) is 0 Å². The fraction of sp³-hybridized carbons (Fsp3) is 0.227. The van der Waals surface area contributed by atoms with Crippen LogP contribution in [0.1, 0.15) is 41.3 Å². The van der Waals surface area contributed by atoms with Gasteiger partial charge in [0.25, 0.3) is 5.91 Å². The lowest BCUT2D eigenvalue weighted by Gasteiger charge is -2.13. The van der Waals surface area contributed by atoms with Gasteiger partial charge in [-0.1, -0.05) is 55.8 Å². The van der Waals surface area contributed by atoms with Crippen LogP contribution in [0.15, 0.2) is 60.9 Å². The molecule has 0 atom stereocenters. The predicted molar refractivity (Wildman–Crippen MR) is 114 cm³/mol. The first-order valence-electron chi connectivity index (χ1n) is 9.23. The SMILES string of the molecule is CC(C)c1ccccc1NC(=O)c1cnc(NCCc2ccc(Cl)cc2)nc1. The van der Waals surface area contributed by atoms with Gasteiger partial charge in [0.2, 0.25) is 5.95 Å². The third-order valence-corrected chi connectivity index (χ3v) is 4.61. The Hall–Kier alpha value is -2.92. The Balaban J connectivity index is 1.56. The van der Waals surface area contributed by atoms with Gasteiger partial charge in [-0.05, 0) is 41.7 Å². The summed E-state index contributed by atoms with van der Waals surface area (Å²) in [4.78, 5) is 21.0. The van der Waals surface area contributed by atoms with Gasteiger partial charge in [0.1, 0.15) is 0 Å². The third kappa shape index (κ3) is 5.30. The van der Waals surface area contributed by atoms with Crippen LogP contribution in [0, 0.1) is 0 Å². The number of rotatable bonds is 7. The van der Waals surface area contributed by atoms with Gasteiger partial charge >= 0.3 is 0 Å². The number of hydrogen-bond acceptors (Lipinski definition) is 4. The molecule has 0 aliphatic carbocycles. The van der Waals surface area contributed by atoms with Crippen molar-refractivity contribution in [2.24, 2.45) is 0 Å². The molecule has 0 saturated carbocycles. The van der Waals surface area contributed by atoms with E-state index in [0.717, 1.165) is 22.7 Å². The highest BCUT2D eigenvalue weighted by Crippen LogP contribution is 2.24. The first-order valence-corrected chi connectivity index (χ1v) is 9.61. The molecule has 0 aliphatic heterocycles. The van der Waals surface area contributed by atoms with E-state index in [9.17, 15) is 4.79 Å². The number of nitrogens with zero attached hydrogens (tertiary/aromatic N) is 2. The lowest BCUT2D eigenvalue weighted by molar-refractivity contribution is 0.102. The quantitative estimate of drug-likeness (QED) is 0.580. The molecule has 0 saturated heterocycles. The number of anilines is 2. The molecule has 0 fully saturated rings. The van der Waals surface area contributed by atoms with E-state index in [-0.39, 0.29) is 5.91 Å². The summed E-state index contributed by atoms with van der Waals surface area (Å²) in [7, 11) is 0. The Morgan fingerprint density at radius 3 is 2.39 bits per heavy atom. The molecule has 0 bridgehead atoms. The second-order valence-corrected chi connectivity index (χ2v) is 7.23. The van der Waals surface area contributed by atoms with E-state index in [0.29, 0.717) is 24.0 Å². The Kier molecular flexibility index (Phi) is 6.61. The second-order valence-electron chi connectivity index (χ2n) is 6.79. The molecular formula is C22H23ClN4O. The first kappa shape index (κ1) is 19.8. The molecule has 5 nitrogen and oxygen atoms in total. The maximum Gasteiger partial charge on any atom is 0.258 e. The fourth-order valence-electron chi connectivity index (χ4n) is 2.82. The smallest absolute Gasteiger partial charge is 0.258 e. The van der Waals surface area contributed by atoms with E-state index < -0.39 is 0 Å². The highest BCUT2D eigenvalue weighted by Gasteiger charge is 2.11. The summed E-state index contributed by atoms with van der Waals surface area (Å²) in [5.74, 6) is 0.592. The van der Waals surface area contributed by atoms with Gasteiger partial charge < -0.3 is 10.6 Å². The summed E-state index contributed by atoms with van der Waals surface area (Å²) in [6, 6.07) is 15.5. The molecular weight excluding hydrogens is 372 g/mol. The minimum Gasteiger partial charge on any atom is -0.354 e. The Labute approximate surface area is 170 Å². The molecule has 1 amide bonds. The number of halogens is 1. The lowest BCUT2D eigenvalue weighted by Crippen LogP contribution is -2.15. The molecule has 1 aromatic heterocycles. The van der Waals surface area contributed by atoms with Gasteiger partial charge in [0, 0.05) is 29.6 Å². The minimum absolute atomic E-state index is 0.221. The standard InChI is InChI=1S/C22H23ClN4O/c1-15(2)19-5-3-4-6-20(19)27-21(28)17-13-25-22(26-14-17)24-12-11-16-7-9-18(23)10-8-16/h3-10,13-15H,11-12H2,1-2H3,(H,27,28)(H,24,25,26). The summed E-state index contributed by atoms with van der Waals surface area (Å²) in [5, 5.41) is 6.83. The number of benzene rings is 2. The van der Waals surface area contributed by atoms with E-state index >= 15 is 0 Å². The molecule has 0 unspecified atom stereocenters. The maximum atomic E-state index is 12.5. The van der Waals surface area contributed by atoms with Crippen molar-refractivity contribution in [1.82, 2.24) is 9.97 Å². The van der Waals surface area contributed by atoms with Crippen molar-refractivity contribution >= 4 is 29.1 Å². The summed E-state index contributed by atoms with van der Waals surface area (Å²) < 4.78 is 0. The third-order valence-electron chi connectivity index (χ3n) is 4.36. The van der Waals surface area contributed by atoms with Gasteiger partial charge in [0.05, 0.1) is 5.56 Å². The molecule has 3 rings (SSSR count). The van der Waals surface area contributed by atoms with Crippen molar-refractivity contribution in [1.29, 1.82) is 0 Å². The van der Waals surface area contributed by atoms with Gasteiger partial charge in [-0.3, -0.25) is 4.79 Å². The molecule has 2 aromatic carbocycles. The number of carbonyl (C=O) groups is 1. The molecule has 0 radical (unpaired) electrons. The first-order chi connectivity index (χ1) is 13.5. The number of carbonyl (C=O) groups excluding carboxylic acids is 1. The van der Waals surface area contributed by atoms with Crippen molar-refractivity contribution in [2.75, 3.05) is 17.2 Å². The van der Waals surface area contributed by atoms with Crippen LogP contribution in [0.25, 0.3) is 0 Å². The van der Waals surface area contributed by atoms with E-state index in [1.165, 1.54) is 18.0 Å². The number of hydrogen-bond donors (Lipinski definition) is 2. The maximum absolute atomic E-state index is 12.5. The fourth-order valence-corrected chi connectivity index (χ4v) is 2.94. The van der Waals surface area contributed by atoms with Crippen molar-refractivity contribution in [3.8, 4) is 0 Å². The molecule has 28 heavy (non-hydrogen) atoms. The van der Waals surface area contributed by atoms with Gasteiger partial charge in [-0.2, -0.15) is 0 Å². The van der Waals surface area contributed by atoms with E-state index in [2.05, 4.69) is 34.4 Å². The zero-order valence-corrected chi connectivity index (χ0v) is 16.7. The molecule has 144 valence electrons. The zero-order valence-electron chi connectivity index (χ0n) is 15.9. The molecule has 0 spiro atoms. The van der Waals surface area contributed by atoms with Crippen molar-refractivity contribution in [3.05, 3.63) is 82.6 Å². The van der Waals surface area contributed by atoms with Crippen molar-refractivity contribution in [3.63, 3.8) is 0 Å². The Morgan fingerprint density at radius 1 is 1.04 bits per heavy atom.